The molecule has 3 heteroatoms. The molecule has 1 aliphatic rings. The Balaban J connectivity index is 0.00000112. The minimum absolute atomic E-state index is 0. The van der Waals surface area contributed by atoms with Crippen molar-refractivity contribution in [3.8, 4) is 0 Å². The molecule has 2 nitrogen and oxygen atoms in total. The first kappa shape index (κ1) is 12.0. The Morgan fingerprint density at radius 2 is 2.13 bits per heavy atom. The zero-order valence-corrected chi connectivity index (χ0v) is 10.4. The number of hydrogen-bond donors (Lipinski definition) is 1. The number of rotatable bonds is 2. The van der Waals surface area contributed by atoms with Crippen LogP contribution in [0.2, 0.25) is 0 Å². The largest absolute Gasteiger partial charge is 0.349 e. The monoisotopic (exact) mass is 266 g/mol. The maximum absolute atomic E-state index is 7.96. The van der Waals surface area contributed by atoms with Gasteiger partial charge in [0.2, 0.25) is 0 Å². The van der Waals surface area contributed by atoms with Gasteiger partial charge in [-0.1, -0.05) is 36.4 Å². The quantitative estimate of drug-likeness (QED) is 0.819. The number of nitrogens with zero attached hydrogens (tertiary/aromatic N) is 1. The highest BCUT2D eigenvalue weighted by atomic mass is 79.9. The molecule has 1 heterocycles. The number of benzene rings is 1. The lowest BCUT2D eigenvalue weighted by Gasteiger charge is -2.14. The van der Waals surface area contributed by atoms with E-state index in [4.69, 9.17) is 5.41 Å². The van der Waals surface area contributed by atoms with Gasteiger partial charge in [-0.15, -0.1) is 17.0 Å². The molecule has 0 saturated heterocycles. The number of fused-ring (bicyclic) bond motifs is 1. The van der Waals surface area contributed by atoms with Crippen LogP contribution in [-0.2, 0) is 6.54 Å². The van der Waals surface area contributed by atoms with Crippen LogP contribution in [0.1, 0.15) is 18.1 Å². The highest BCUT2D eigenvalue weighted by molar-refractivity contribution is 8.93. The Hall–Kier alpha value is -1.09. The summed E-state index contributed by atoms with van der Waals surface area (Å²) in [5, 5.41) is 7.96. The third-order valence-electron chi connectivity index (χ3n) is 2.51. The van der Waals surface area contributed by atoms with Crippen molar-refractivity contribution in [2.24, 2.45) is 0 Å². The second-order valence-electron chi connectivity index (χ2n) is 3.46. The van der Waals surface area contributed by atoms with Gasteiger partial charge in [-0.2, -0.15) is 0 Å². The summed E-state index contributed by atoms with van der Waals surface area (Å²) in [4.78, 5) is 2.07. The van der Waals surface area contributed by atoms with Gasteiger partial charge in [0.25, 0.3) is 0 Å². The molecule has 0 unspecified atom stereocenters. The molecule has 80 valence electrons. The van der Waals surface area contributed by atoms with E-state index in [1.54, 1.807) is 0 Å². The molecule has 0 fully saturated rings. The maximum atomic E-state index is 7.96. The predicted molar refractivity (Wildman–Crippen MR) is 68.8 cm³/mol. The average molecular weight is 267 g/mol. The van der Waals surface area contributed by atoms with Gasteiger partial charge in [-0.25, -0.2) is 0 Å². The van der Waals surface area contributed by atoms with Gasteiger partial charge in [-0.3, -0.25) is 5.41 Å². The lowest BCUT2D eigenvalue weighted by atomic mass is 10.1. The molecule has 0 aromatic heterocycles. The smallest absolute Gasteiger partial charge is 0.128 e. The summed E-state index contributed by atoms with van der Waals surface area (Å²) in [5.74, 6) is 0.652. The van der Waals surface area contributed by atoms with Gasteiger partial charge in [-0.05, 0) is 12.5 Å². The van der Waals surface area contributed by atoms with Gasteiger partial charge in [0.1, 0.15) is 5.84 Å². The van der Waals surface area contributed by atoms with E-state index < -0.39 is 0 Å². The first-order chi connectivity index (χ1) is 6.83. The second kappa shape index (κ2) is 5.12. The van der Waals surface area contributed by atoms with Crippen LogP contribution in [0.5, 0.6) is 0 Å². The fourth-order valence-corrected chi connectivity index (χ4v) is 1.73. The van der Waals surface area contributed by atoms with Crippen LogP contribution in [-0.4, -0.2) is 17.3 Å². The molecule has 0 saturated carbocycles. The van der Waals surface area contributed by atoms with Crippen molar-refractivity contribution in [3.05, 3.63) is 47.5 Å². The summed E-state index contributed by atoms with van der Waals surface area (Å²) in [7, 11) is 0. The molecular weight excluding hydrogens is 252 g/mol. The van der Waals surface area contributed by atoms with Crippen LogP contribution >= 0.6 is 17.0 Å². The van der Waals surface area contributed by atoms with Crippen LogP contribution in [0.15, 0.2) is 36.4 Å². The van der Waals surface area contributed by atoms with Crippen LogP contribution in [0.3, 0.4) is 0 Å². The molecule has 0 radical (unpaired) electrons. The van der Waals surface area contributed by atoms with Crippen molar-refractivity contribution in [2.45, 2.75) is 13.5 Å². The molecule has 2 rings (SSSR count). The fraction of sp³-hybridized carbons (Fsp3) is 0.250. The average Bonchev–Trinajstić information content (AvgIpc) is 2.54. The predicted octanol–water partition coefficient (Wildman–Crippen LogP) is 2.98. The Bertz CT molecular complexity index is 385. The molecule has 1 N–H and O–H groups in total. The van der Waals surface area contributed by atoms with Gasteiger partial charge >= 0.3 is 0 Å². The zero-order valence-electron chi connectivity index (χ0n) is 8.73. The van der Waals surface area contributed by atoms with Crippen molar-refractivity contribution < 1.29 is 0 Å². The van der Waals surface area contributed by atoms with Crippen molar-refractivity contribution >= 4 is 22.8 Å². The Morgan fingerprint density at radius 1 is 1.40 bits per heavy atom. The van der Waals surface area contributed by atoms with Crippen molar-refractivity contribution in [1.82, 2.24) is 4.90 Å². The molecule has 1 aliphatic heterocycles. The number of amidine groups is 1. The molecule has 0 atom stereocenters. The summed E-state index contributed by atoms with van der Waals surface area (Å²) in [5.41, 5.74) is 2.35. The summed E-state index contributed by atoms with van der Waals surface area (Å²) < 4.78 is 0. The fourth-order valence-electron chi connectivity index (χ4n) is 1.73. The first-order valence-corrected chi connectivity index (χ1v) is 4.86. The van der Waals surface area contributed by atoms with Gasteiger partial charge in [0.15, 0.2) is 0 Å². The van der Waals surface area contributed by atoms with E-state index in [1.807, 2.05) is 31.2 Å². The molecule has 0 spiro atoms. The van der Waals surface area contributed by atoms with E-state index >= 15 is 0 Å². The first-order valence-electron chi connectivity index (χ1n) is 4.86. The Labute approximate surface area is 101 Å². The SMILES string of the molecule is Br.CC=CCN1Cc2ccccc2C1=N. The third kappa shape index (κ3) is 2.29. The normalized spacial score (nSPS) is 14.2. The van der Waals surface area contributed by atoms with E-state index in [0.29, 0.717) is 5.84 Å². The topological polar surface area (TPSA) is 27.1 Å². The van der Waals surface area contributed by atoms with Crippen LogP contribution < -0.4 is 0 Å². The number of hydrogen-bond acceptors (Lipinski definition) is 1. The van der Waals surface area contributed by atoms with Gasteiger partial charge in [0, 0.05) is 18.7 Å². The Morgan fingerprint density at radius 3 is 2.80 bits per heavy atom. The minimum atomic E-state index is 0. The third-order valence-corrected chi connectivity index (χ3v) is 2.51. The number of halogens is 1. The lowest BCUT2D eigenvalue weighted by Crippen LogP contribution is -2.23. The molecule has 1 aromatic rings. The van der Waals surface area contributed by atoms with Crippen molar-refractivity contribution in [3.63, 3.8) is 0 Å². The van der Waals surface area contributed by atoms with E-state index in [0.717, 1.165) is 18.7 Å². The summed E-state index contributed by atoms with van der Waals surface area (Å²) >= 11 is 0. The van der Waals surface area contributed by atoms with Crippen molar-refractivity contribution in [2.75, 3.05) is 6.54 Å². The highest BCUT2D eigenvalue weighted by Gasteiger charge is 2.21. The number of nitrogens with one attached hydrogen (secondary N) is 1. The van der Waals surface area contributed by atoms with Gasteiger partial charge in [0.05, 0.1) is 0 Å². The maximum Gasteiger partial charge on any atom is 0.128 e. The highest BCUT2D eigenvalue weighted by Crippen LogP contribution is 2.21. The Kier molecular flexibility index (Phi) is 4.09. The zero-order chi connectivity index (χ0) is 9.97. The molecular formula is C12H15BrN2. The molecule has 0 aliphatic carbocycles. The summed E-state index contributed by atoms with van der Waals surface area (Å²) in [6.07, 6.45) is 4.11. The van der Waals surface area contributed by atoms with E-state index in [-0.39, 0.29) is 17.0 Å². The van der Waals surface area contributed by atoms with Crippen molar-refractivity contribution in [1.29, 1.82) is 5.41 Å². The minimum Gasteiger partial charge on any atom is -0.349 e. The van der Waals surface area contributed by atoms with E-state index in [1.165, 1.54) is 5.56 Å². The van der Waals surface area contributed by atoms with Gasteiger partial charge < -0.3 is 4.90 Å². The lowest BCUT2D eigenvalue weighted by molar-refractivity contribution is 0.474. The standard InChI is InChI=1S/C12H14N2.BrH/c1-2-3-8-14-9-10-6-4-5-7-11(10)12(14)13;/h2-7,13H,8-9H2,1H3;1H. The summed E-state index contributed by atoms with van der Waals surface area (Å²) in [6.45, 7) is 3.72. The second-order valence-corrected chi connectivity index (χ2v) is 3.46. The van der Waals surface area contributed by atoms with Crippen LogP contribution in [0.25, 0.3) is 0 Å². The van der Waals surface area contributed by atoms with E-state index in [9.17, 15) is 0 Å². The molecule has 0 bridgehead atoms. The molecule has 0 amide bonds. The number of allylic oxidation sites excluding steroid dienone is 1. The van der Waals surface area contributed by atoms with E-state index in [2.05, 4.69) is 17.0 Å². The van der Waals surface area contributed by atoms with Crippen LogP contribution in [0.4, 0.5) is 0 Å². The molecule has 1 aromatic carbocycles. The van der Waals surface area contributed by atoms with Crippen LogP contribution in [0, 0.1) is 5.41 Å². The molecule has 15 heavy (non-hydrogen) atoms. The summed E-state index contributed by atoms with van der Waals surface area (Å²) in [6, 6.07) is 8.14.